The van der Waals surface area contributed by atoms with Crippen molar-refractivity contribution >= 4 is 114 Å². The fraction of sp³-hybridized carbons (Fsp3) is 0.571. The van der Waals surface area contributed by atoms with E-state index in [1.807, 2.05) is 14.7 Å². The molecule has 1 rings (SSSR count). The quantitative estimate of drug-likeness (QED) is 0.0929. The molecule has 0 saturated carbocycles. The Hall–Kier alpha value is 0.627. The monoisotopic (exact) mass is 897 g/mol. The van der Waals surface area contributed by atoms with Gasteiger partial charge >= 0.3 is 264 Å². The van der Waals surface area contributed by atoms with Crippen LogP contribution in [0.25, 0.3) is 0 Å². The van der Waals surface area contributed by atoms with Crippen LogP contribution in [0.15, 0.2) is 18.2 Å². The van der Waals surface area contributed by atoms with E-state index in [0.29, 0.717) is 52.3 Å². The zero-order chi connectivity index (χ0) is 26.9. The summed E-state index contributed by atoms with van der Waals surface area (Å²) in [6.07, 6.45) is 0. The Morgan fingerprint density at radius 3 is 0.917 bits per heavy atom. The first-order valence-corrected chi connectivity index (χ1v) is 17.9. The van der Waals surface area contributed by atoms with Gasteiger partial charge in [0.2, 0.25) is 0 Å². The Morgan fingerprint density at radius 1 is 0.500 bits per heavy atom. The first-order valence-electron chi connectivity index (χ1n) is 10.7. The van der Waals surface area contributed by atoms with Crippen molar-refractivity contribution in [3.8, 4) is 0 Å². The second-order valence-electron chi connectivity index (χ2n) is 7.16. The minimum absolute atomic E-state index is 0.0787. The molecule has 0 aliphatic heterocycles. The molecule has 0 heterocycles. The number of carbonyl (C=O) groups excluding carboxylic acids is 3. The van der Waals surface area contributed by atoms with Gasteiger partial charge < -0.3 is 0 Å². The topological polar surface area (TPSA) is 88.6 Å². The molecule has 6 radical (unpaired) electrons. The molecule has 0 atom stereocenters. The Bertz CT molecular complexity index is 708. The average molecular weight is 891 g/mol. The van der Waals surface area contributed by atoms with E-state index < -0.39 is 17.9 Å². The zero-order valence-corrected chi connectivity index (χ0v) is 29.7. The summed E-state index contributed by atoms with van der Waals surface area (Å²) in [5.41, 5.74) is 4.37. The molecule has 0 amide bonds. The second-order valence-corrected chi connectivity index (χ2v) is 10.4. The van der Waals surface area contributed by atoms with Gasteiger partial charge in [-0.25, -0.2) is 0 Å². The van der Waals surface area contributed by atoms with Gasteiger partial charge in [-0.2, -0.15) is 0 Å². The number of esters is 3. The van der Waals surface area contributed by atoms with Crippen LogP contribution in [0.4, 0.5) is 0 Å². The number of hydrogen-bond donors (Lipinski definition) is 0. The second kappa shape index (κ2) is 20.5. The summed E-state index contributed by atoms with van der Waals surface area (Å²) in [5, 5.41) is 0. The van der Waals surface area contributed by atoms with E-state index in [-0.39, 0.29) is 36.5 Å². The van der Waals surface area contributed by atoms with Gasteiger partial charge in [0.25, 0.3) is 0 Å². The van der Waals surface area contributed by atoms with E-state index in [1.165, 1.54) is 18.2 Å². The van der Waals surface area contributed by atoms with E-state index >= 15 is 0 Å². The Kier molecular flexibility index (Phi) is 19.8. The molecule has 0 N–H and O–H groups in total. The van der Waals surface area contributed by atoms with Gasteiger partial charge in [0.15, 0.2) is 0 Å². The fourth-order valence-corrected chi connectivity index (χ4v) is 7.06. The number of rotatable bonds is 18. The SMILES string of the molecule is O=C(OCCN(C[Se])C[Se])c1cc(C(=O)OCCN(C[Se])C[Se])cc(C(=O)OCCN(C[Se])C[Se])c1. The van der Waals surface area contributed by atoms with Crippen molar-refractivity contribution < 1.29 is 28.6 Å². The van der Waals surface area contributed by atoms with E-state index in [4.69, 9.17) is 14.2 Å². The fourth-order valence-electron chi connectivity index (χ4n) is 2.53. The summed E-state index contributed by atoms with van der Waals surface area (Å²) >= 11 is 17.5. The van der Waals surface area contributed by atoms with Crippen LogP contribution in [0.2, 0.25) is 0 Å². The van der Waals surface area contributed by atoms with Crippen molar-refractivity contribution in [2.75, 3.05) is 72.1 Å². The molecule has 0 bridgehead atoms. The summed E-state index contributed by atoms with van der Waals surface area (Å²) < 4.78 is 16.1. The van der Waals surface area contributed by atoms with Gasteiger partial charge in [0.1, 0.15) is 0 Å². The molecule has 198 valence electrons. The molecule has 0 aliphatic carbocycles. The number of ether oxygens (including phenoxy) is 3. The third-order valence-electron chi connectivity index (χ3n) is 4.66. The standard InChI is InChI=1S/C21H27N3O6Se6/c25-19(28-4-1-22(10-31)11-32)16-7-17(20(26)29-5-2-23(12-33)13-34)9-18(8-16)21(27)30-6-3-24(14-35)15-36/h7-9H,1-6,10-15H2. The normalized spacial score (nSPS) is 11.2. The van der Waals surface area contributed by atoms with Crippen LogP contribution in [0.5, 0.6) is 0 Å². The molecule has 1 aromatic carbocycles. The van der Waals surface area contributed by atoms with Crippen LogP contribution in [0.3, 0.4) is 0 Å². The maximum atomic E-state index is 12.7. The number of benzene rings is 1. The van der Waals surface area contributed by atoms with Crippen LogP contribution >= 0.6 is 0 Å². The molecule has 9 nitrogen and oxygen atoms in total. The summed E-state index contributed by atoms with van der Waals surface area (Å²) in [4.78, 5) is 44.2. The molecule has 15 heteroatoms. The molecular formula is C21H27N3O6Se6. The van der Waals surface area contributed by atoms with Gasteiger partial charge in [-0.1, -0.05) is 0 Å². The van der Waals surface area contributed by atoms with E-state index in [2.05, 4.69) is 96.1 Å². The van der Waals surface area contributed by atoms with Crippen molar-refractivity contribution in [1.29, 1.82) is 0 Å². The Balaban J connectivity index is 2.99. The summed E-state index contributed by atoms with van der Waals surface area (Å²) in [6.45, 7) is 2.07. The Labute approximate surface area is 262 Å². The maximum absolute atomic E-state index is 12.7. The van der Waals surface area contributed by atoms with Crippen LogP contribution in [0.1, 0.15) is 31.1 Å². The van der Waals surface area contributed by atoms with E-state index in [1.54, 1.807) is 0 Å². The summed E-state index contributed by atoms with van der Waals surface area (Å²) in [6, 6.07) is 4.13. The molecule has 0 unspecified atom stereocenters. The first-order chi connectivity index (χ1) is 17.3. The predicted molar refractivity (Wildman–Crippen MR) is 141 cm³/mol. The van der Waals surface area contributed by atoms with Crippen molar-refractivity contribution in [2.45, 2.75) is 0 Å². The average Bonchev–Trinajstić information content (AvgIpc) is 2.90. The van der Waals surface area contributed by atoms with Crippen molar-refractivity contribution in [1.82, 2.24) is 14.7 Å². The molecule has 0 fully saturated rings. The number of nitrogens with zero attached hydrogens (tertiary/aromatic N) is 3. The minimum atomic E-state index is -0.637. The first kappa shape index (κ1) is 34.7. The van der Waals surface area contributed by atoms with Gasteiger partial charge in [0.05, 0.1) is 0 Å². The van der Waals surface area contributed by atoms with Crippen LogP contribution in [-0.2, 0) is 14.2 Å². The van der Waals surface area contributed by atoms with E-state index in [9.17, 15) is 14.4 Å². The molecule has 0 aliphatic rings. The molecule has 0 saturated heterocycles. The van der Waals surface area contributed by atoms with E-state index in [0.717, 1.165) is 0 Å². The number of carbonyl (C=O) groups is 3. The molecule has 36 heavy (non-hydrogen) atoms. The molecule has 0 spiro atoms. The van der Waals surface area contributed by atoms with Gasteiger partial charge in [0, 0.05) is 0 Å². The molecule has 1 aromatic rings. The predicted octanol–water partition coefficient (Wildman–Crippen LogP) is -2.18. The van der Waals surface area contributed by atoms with Crippen LogP contribution in [0, 0.1) is 0 Å². The summed E-state index contributed by atoms with van der Waals surface area (Å²) in [5.74, 6) is -1.91. The zero-order valence-electron chi connectivity index (χ0n) is 19.5. The molecular weight excluding hydrogens is 864 g/mol. The van der Waals surface area contributed by atoms with Gasteiger partial charge in [-0.15, -0.1) is 0 Å². The third kappa shape index (κ3) is 13.1. The molecule has 0 aromatic heterocycles. The van der Waals surface area contributed by atoms with Crippen LogP contribution in [-0.4, -0.2) is 201 Å². The Morgan fingerprint density at radius 2 is 0.722 bits per heavy atom. The van der Waals surface area contributed by atoms with Crippen molar-refractivity contribution in [3.05, 3.63) is 34.9 Å². The summed E-state index contributed by atoms with van der Waals surface area (Å²) in [7, 11) is 0. The van der Waals surface area contributed by atoms with Crippen LogP contribution < -0.4 is 0 Å². The number of hydrogen-bond acceptors (Lipinski definition) is 9. The van der Waals surface area contributed by atoms with Crippen molar-refractivity contribution in [2.24, 2.45) is 0 Å². The third-order valence-corrected chi connectivity index (χ3v) is 9.25. The van der Waals surface area contributed by atoms with Gasteiger partial charge in [-0.05, 0) is 0 Å². The van der Waals surface area contributed by atoms with Crippen molar-refractivity contribution in [3.63, 3.8) is 0 Å². The van der Waals surface area contributed by atoms with Gasteiger partial charge in [-0.3, -0.25) is 0 Å².